The van der Waals surface area contributed by atoms with Crippen LogP contribution in [-0.4, -0.2) is 11.5 Å². The highest BCUT2D eigenvalue weighted by atomic mass is 16.6. The average molecular weight is 197 g/mol. The lowest BCUT2D eigenvalue weighted by Crippen LogP contribution is -2.29. The van der Waals surface area contributed by atoms with Gasteiger partial charge in [-0.1, -0.05) is 33.8 Å². The summed E-state index contributed by atoms with van der Waals surface area (Å²) in [6, 6.07) is 0. The summed E-state index contributed by atoms with van der Waals surface area (Å²) >= 11 is 0. The van der Waals surface area contributed by atoms with Gasteiger partial charge in [0.05, 0.1) is 0 Å². The molecule has 0 fully saturated rings. The Morgan fingerprint density at radius 2 is 2.00 bits per heavy atom. The first-order valence-corrected chi connectivity index (χ1v) is 5.03. The summed E-state index contributed by atoms with van der Waals surface area (Å²) in [6.07, 6.45) is 4.04. The van der Waals surface area contributed by atoms with Crippen molar-refractivity contribution in [2.45, 2.75) is 40.5 Å². The molecule has 0 spiro atoms. The van der Waals surface area contributed by atoms with Gasteiger partial charge in [-0.2, -0.15) is 0 Å². The number of allylic oxidation sites excluding steroid dienone is 1. The van der Waals surface area contributed by atoms with E-state index in [-0.39, 0.29) is 22.3 Å². The molecule has 1 rings (SSSR count). The van der Waals surface area contributed by atoms with Gasteiger partial charge in [0.1, 0.15) is 0 Å². The fourth-order valence-electron chi connectivity index (χ4n) is 2.83. The van der Waals surface area contributed by atoms with E-state index in [9.17, 15) is 10.1 Å². The van der Waals surface area contributed by atoms with Crippen molar-refractivity contribution in [2.75, 3.05) is 6.54 Å². The second-order valence-corrected chi connectivity index (χ2v) is 5.80. The minimum Gasteiger partial charge on any atom is -0.264 e. The Balaban J connectivity index is 2.85. The fourth-order valence-corrected chi connectivity index (χ4v) is 2.83. The lowest BCUT2D eigenvalue weighted by Gasteiger charge is -2.38. The lowest BCUT2D eigenvalue weighted by molar-refractivity contribution is -0.471. The second-order valence-electron chi connectivity index (χ2n) is 5.80. The summed E-state index contributed by atoms with van der Waals surface area (Å²) in [6.45, 7) is 8.66. The summed E-state index contributed by atoms with van der Waals surface area (Å²) in [5, 5.41) is 10.5. The maximum atomic E-state index is 10.5. The summed E-state index contributed by atoms with van der Waals surface area (Å²) in [5.74, 6) is 0. The van der Waals surface area contributed by atoms with Gasteiger partial charge in [0, 0.05) is 4.92 Å². The third-order valence-corrected chi connectivity index (χ3v) is 2.57. The largest absolute Gasteiger partial charge is 0.264 e. The first-order valence-electron chi connectivity index (χ1n) is 5.03. The van der Waals surface area contributed by atoms with Gasteiger partial charge in [0.15, 0.2) is 0 Å². The third kappa shape index (κ3) is 3.13. The Bertz CT molecular complexity index is 277. The van der Waals surface area contributed by atoms with E-state index in [1.54, 1.807) is 0 Å². The van der Waals surface area contributed by atoms with Crippen molar-refractivity contribution in [1.29, 1.82) is 0 Å². The van der Waals surface area contributed by atoms with Crippen LogP contribution >= 0.6 is 0 Å². The highest BCUT2D eigenvalue weighted by molar-refractivity contribution is 5.15. The molecule has 0 amide bonds. The Morgan fingerprint density at radius 1 is 1.43 bits per heavy atom. The summed E-state index contributed by atoms with van der Waals surface area (Å²) in [5.41, 5.74) is 1.28. The van der Waals surface area contributed by atoms with E-state index in [1.165, 1.54) is 0 Å². The molecule has 0 bridgehead atoms. The number of rotatable bonds is 2. The molecule has 80 valence electrons. The maximum Gasteiger partial charge on any atom is 0.225 e. The van der Waals surface area contributed by atoms with Crippen molar-refractivity contribution in [1.82, 2.24) is 0 Å². The van der Waals surface area contributed by atoms with Gasteiger partial charge < -0.3 is 0 Å². The molecule has 0 N–H and O–H groups in total. The maximum absolute atomic E-state index is 10.5. The van der Waals surface area contributed by atoms with Crippen LogP contribution in [0.15, 0.2) is 11.6 Å². The molecule has 0 aliphatic heterocycles. The first kappa shape index (κ1) is 11.2. The zero-order valence-electron chi connectivity index (χ0n) is 9.46. The predicted octanol–water partition coefficient (Wildman–Crippen LogP) is 3.04. The summed E-state index contributed by atoms with van der Waals surface area (Å²) in [4.78, 5) is 10.2. The molecule has 3 heteroatoms. The molecule has 0 saturated heterocycles. The molecule has 0 aromatic rings. The molecule has 14 heavy (non-hydrogen) atoms. The SMILES string of the molecule is CC1(C)C=C(C[N+](=O)[O-])CC(C)(C)C1. The Morgan fingerprint density at radius 3 is 2.43 bits per heavy atom. The van der Waals surface area contributed by atoms with Gasteiger partial charge in [-0.05, 0) is 29.2 Å². The molecule has 3 nitrogen and oxygen atoms in total. The van der Waals surface area contributed by atoms with Crippen LogP contribution < -0.4 is 0 Å². The predicted molar refractivity (Wildman–Crippen MR) is 56.7 cm³/mol. The van der Waals surface area contributed by atoms with E-state index < -0.39 is 0 Å². The summed E-state index contributed by atoms with van der Waals surface area (Å²) < 4.78 is 0. The number of nitrogens with zero attached hydrogens (tertiary/aromatic N) is 1. The van der Waals surface area contributed by atoms with E-state index in [4.69, 9.17) is 0 Å². The van der Waals surface area contributed by atoms with Gasteiger partial charge in [-0.25, -0.2) is 0 Å². The number of hydrogen-bond donors (Lipinski definition) is 0. The molecule has 1 aliphatic carbocycles. The first-order chi connectivity index (χ1) is 6.20. The van der Waals surface area contributed by atoms with Crippen molar-refractivity contribution < 1.29 is 4.92 Å². The van der Waals surface area contributed by atoms with Crippen LogP contribution in [-0.2, 0) is 0 Å². The molecule has 0 aromatic heterocycles. The fraction of sp³-hybridized carbons (Fsp3) is 0.818. The average Bonchev–Trinajstić information content (AvgIpc) is 1.74. The van der Waals surface area contributed by atoms with Crippen LogP contribution in [0.4, 0.5) is 0 Å². The van der Waals surface area contributed by atoms with E-state index in [2.05, 4.69) is 33.8 Å². The molecule has 0 unspecified atom stereocenters. The van der Waals surface area contributed by atoms with Gasteiger partial charge in [-0.3, -0.25) is 10.1 Å². The molecule has 0 atom stereocenters. The van der Waals surface area contributed by atoms with Gasteiger partial charge in [-0.15, -0.1) is 0 Å². The van der Waals surface area contributed by atoms with Crippen LogP contribution in [0.5, 0.6) is 0 Å². The number of nitro groups is 1. The zero-order valence-corrected chi connectivity index (χ0v) is 9.46. The van der Waals surface area contributed by atoms with Crippen LogP contribution in [0.3, 0.4) is 0 Å². The van der Waals surface area contributed by atoms with Crippen molar-refractivity contribution in [3.8, 4) is 0 Å². The normalized spacial score (nSPS) is 24.1. The topological polar surface area (TPSA) is 43.1 Å². The molecular formula is C11H19NO2. The smallest absolute Gasteiger partial charge is 0.225 e. The van der Waals surface area contributed by atoms with Crippen molar-refractivity contribution in [3.63, 3.8) is 0 Å². The minimum atomic E-state index is -0.233. The minimum absolute atomic E-state index is 0.00681. The highest BCUT2D eigenvalue weighted by Gasteiger charge is 2.34. The second kappa shape index (κ2) is 3.37. The zero-order chi connectivity index (χ0) is 11.0. The standard InChI is InChI=1S/C11H19NO2/c1-10(2)5-9(7-12(13)14)6-11(3,4)8-10/h5H,6-8H2,1-4H3. The van der Waals surface area contributed by atoms with Crippen LogP contribution in [0.2, 0.25) is 0 Å². The van der Waals surface area contributed by atoms with Crippen molar-refractivity contribution in [3.05, 3.63) is 21.8 Å². The van der Waals surface area contributed by atoms with Crippen LogP contribution in [0, 0.1) is 20.9 Å². The van der Waals surface area contributed by atoms with Gasteiger partial charge in [0.2, 0.25) is 6.54 Å². The quantitative estimate of drug-likeness (QED) is 0.388. The lowest BCUT2D eigenvalue weighted by atomic mass is 9.67. The van der Waals surface area contributed by atoms with Crippen molar-refractivity contribution in [2.24, 2.45) is 10.8 Å². The third-order valence-electron chi connectivity index (χ3n) is 2.57. The molecule has 0 aromatic carbocycles. The van der Waals surface area contributed by atoms with Crippen LogP contribution in [0.25, 0.3) is 0 Å². The molecule has 0 heterocycles. The number of hydrogen-bond acceptors (Lipinski definition) is 2. The Hall–Kier alpha value is -0.860. The molecule has 0 saturated carbocycles. The van der Waals surface area contributed by atoms with Gasteiger partial charge in [0.25, 0.3) is 0 Å². The van der Waals surface area contributed by atoms with E-state index >= 15 is 0 Å². The van der Waals surface area contributed by atoms with E-state index in [1.807, 2.05) is 0 Å². The molecule has 1 aliphatic rings. The molecular weight excluding hydrogens is 178 g/mol. The van der Waals surface area contributed by atoms with Gasteiger partial charge >= 0.3 is 0 Å². The van der Waals surface area contributed by atoms with E-state index in [0.29, 0.717) is 0 Å². The van der Waals surface area contributed by atoms with Crippen molar-refractivity contribution >= 4 is 0 Å². The van der Waals surface area contributed by atoms with Crippen LogP contribution in [0.1, 0.15) is 40.5 Å². The Kier molecular flexibility index (Phi) is 2.70. The Labute approximate surface area is 85.3 Å². The highest BCUT2D eigenvalue weighted by Crippen LogP contribution is 2.44. The molecule has 0 radical (unpaired) electrons. The van der Waals surface area contributed by atoms with E-state index in [0.717, 1.165) is 18.4 Å². The monoisotopic (exact) mass is 197 g/mol. The summed E-state index contributed by atoms with van der Waals surface area (Å²) in [7, 11) is 0.